The molecular formula is C10H20N2O3S. The zero-order chi connectivity index (χ0) is 12.2. The van der Waals surface area contributed by atoms with Crippen molar-refractivity contribution < 1.29 is 13.2 Å². The fraction of sp³-hybridized carbons (Fsp3) is 0.900. The first-order valence-corrected chi connectivity index (χ1v) is 7.62. The van der Waals surface area contributed by atoms with Gasteiger partial charge in [-0.15, -0.1) is 0 Å². The molecule has 1 atom stereocenters. The lowest BCUT2D eigenvalue weighted by Gasteiger charge is -2.27. The summed E-state index contributed by atoms with van der Waals surface area (Å²) in [4.78, 5) is 13.4. The summed E-state index contributed by atoms with van der Waals surface area (Å²) in [5, 5.41) is 3.16. The summed E-state index contributed by atoms with van der Waals surface area (Å²) in [7, 11) is -1.34. The Morgan fingerprint density at radius 1 is 1.44 bits per heavy atom. The molecule has 1 aliphatic heterocycles. The molecule has 1 aliphatic rings. The maximum absolute atomic E-state index is 11.9. The van der Waals surface area contributed by atoms with Crippen LogP contribution in [0, 0.1) is 0 Å². The Hall–Kier alpha value is -0.620. The van der Waals surface area contributed by atoms with E-state index >= 15 is 0 Å². The van der Waals surface area contributed by atoms with Gasteiger partial charge >= 0.3 is 0 Å². The number of carbonyl (C=O) groups is 1. The van der Waals surface area contributed by atoms with Crippen LogP contribution >= 0.6 is 0 Å². The lowest BCUT2D eigenvalue weighted by atomic mass is 10.0. The third-order valence-electron chi connectivity index (χ3n) is 2.78. The second-order valence-corrected chi connectivity index (χ2v) is 6.65. The summed E-state index contributed by atoms with van der Waals surface area (Å²) in [6.45, 7) is 1.15. The number of nitrogens with one attached hydrogen (secondary N) is 1. The molecule has 0 aromatic carbocycles. The van der Waals surface area contributed by atoms with Crippen molar-refractivity contribution in [3.63, 3.8) is 0 Å². The van der Waals surface area contributed by atoms with E-state index in [-0.39, 0.29) is 24.2 Å². The molecule has 16 heavy (non-hydrogen) atoms. The molecule has 6 heteroatoms. The molecule has 94 valence electrons. The third-order valence-corrected chi connectivity index (χ3v) is 3.71. The molecule has 1 rings (SSSR count). The van der Waals surface area contributed by atoms with Gasteiger partial charge in [-0.25, -0.2) is 8.42 Å². The van der Waals surface area contributed by atoms with E-state index in [1.807, 2.05) is 0 Å². The van der Waals surface area contributed by atoms with E-state index in [1.54, 1.807) is 7.05 Å². The van der Waals surface area contributed by atoms with E-state index in [2.05, 4.69) is 5.32 Å². The Morgan fingerprint density at radius 2 is 2.12 bits per heavy atom. The minimum Gasteiger partial charge on any atom is -0.343 e. The van der Waals surface area contributed by atoms with Crippen LogP contribution in [0.15, 0.2) is 0 Å². The van der Waals surface area contributed by atoms with Crippen LogP contribution in [0.25, 0.3) is 0 Å². The number of likely N-dealkylation sites (N-methyl/N-ethyl adjacent to an activating group) is 1. The number of sulfone groups is 1. The Kier molecular flexibility index (Phi) is 4.73. The molecular weight excluding hydrogens is 228 g/mol. The molecule has 0 saturated carbocycles. The first kappa shape index (κ1) is 13.4. The van der Waals surface area contributed by atoms with Crippen molar-refractivity contribution in [1.29, 1.82) is 0 Å². The van der Waals surface area contributed by atoms with Gasteiger partial charge in [-0.05, 0) is 19.4 Å². The summed E-state index contributed by atoms with van der Waals surface area (Å²) in [6.07, 6.45) is 4.20. The molecule has 0 aliphatic carbocycles. The molecule has 0 aromatic heterocycles. The Labute approximate surface area is 97.1 Å². The highest BCUT2D eigenvalue weighted by Gasteiger charge is 2.23. The summed E-state index contributed by atoms with van der Waals surface area (Å²) >= 11 is 0. The van der Waals surface area contributed by atoms with Crippen LogP contribution in [-0.4, -0.2) is 57.4 Å². The van der Waals surface area contributed by atoms with E-state index in [4.69, 9.17) is 0 Å². The Bertz CT molecular complexity index is 334. The SMILES string of the molecule is CN(CCS(C)(=O)=O)C(=O)[C@@H]1CCCCN1. The van der Waals surface area contributed by atoms with Gasteiger partial charge in [0, 0.05) is 19.8 Å². The van der Waals surface area contributed by atoms with Gasteiger partial charge in [0.1, 0.15) is 9.84 Å². The fourth-order valence-corrected chi connectivity index (χ4v) is 2.35. The smallest absolute Gasteiger partial charge is 0.239 e. The predicted octanol–water partition coefficient (Wildman–Crippen LogP) is -0.368. The zero-order valence-electron chi connectivity index (χ0n) is 9.90. The van der Waals surface area contributed by atoms with Crippen molar-refractivity contribution >= 4 is 15.7 Å². The molecule has 0 spiro atoms. The molecule has 1 amide bonds. The summed E-state index contributed by atoms with van der Waals surface area (Å²) in [5.74, 6) is 0.0328. The van der Waals surface area contributed by atoms with Gasteiger partial charge in [0.05, 0.1) is 11.8 Å². The quantitative estimate of drug-likeness (QED) is 0.737. The number of hydrogen-bond acceptors (Lipinski definition) is 4. The van der Waals surface area contributed by atoms with Crippen LogP contribution in [0.3, 0.4) is 0 Å². The number of nitrogens with zero attached hydrogens (tertiary/aromatic N) is 1. The van der Waals surface area contributed by atoms with Gasteiger partial charge < -0.3 is 10.2 Å². The molecule has 0 radical (unpaired) electrons. The first-order chi connectivity index (χ1) is 7.40. The van der Waals surface area contributed by atoms with E-state index < -0.39 is 9.84 Å². The Morgan fingerprint density at radius 3 is 2.62 bits per heavy atom. The van der Waals surface area contributed by atoms with Gasteiger partial charge in [0.2, 0.25) is 5.91 Å². The van der Waals surface area contributed by atoms with Gasteiger partial charge in [-0.3, -0.25) is 4.79 Å². The maximum atomic E-state index is 11.9. The number of amides is 1. The lowest BCUT2D eigenvalue weighted by Crippen LogP contribution is -2.48. The second kappa shape index (κ2) is 5.63. The molecule has 1 N–H and O–H groups in total. The minimum atomic E-state index is -3.00. The standard InChI is InChI=1S/C10H20N2O3S/c1-12(7-8-16(2,14)15)10(13)9-5-3-4-6-11-9/h9,11H,3-8H2,1-2H3/t9-/m0/s1. The van der Waals surface area contributed by atoms with Crippen molar-refractivity contribution in [2.24, 2.45) is 0 Å². The highest BCUT2D eigenvalue weighted by Crippen LogP contribution is 2.09. The average Bonchev–Trinajstić information content (AvgIpc) is 2.25. The monoisotopic (exact) mass is 248 g/mol. The van der Waals surface area contributed by atoms with E-state index in [1.165, 1.54) is 11.2 Å². The van der Waals surface area contributed by atoms with Crippen LogP contribution in [0.5, 0.6) is 0 Å². The van der Waals surface area contributed by atoms with Crippen molar-refractivity contribution in [2.75, 3.05) is 32.1 Å². The molecule has 0 unspecified atom stereocenters. The van der Waals surface area contributed by atoms with Crippen LogP contribution in [0.1, 0.15) is 19.3 Å². The molecule has 5 nitrogen and oxygen atoms in total. The Balaban J connectivity index is 2.40. The molecule has 0 bridgehead atoms. The zero-order valence-corrected chi connectivity index (χ0v) is 10.7. The summed E-state index contributed by atoms with van der Waals surface area (Å²) < 4.78 is 22.0. The molecule has 1 heterocycles. The van der Waals surface area contributed by atoms with E-state index in [0.29, 0.717) is 0 Å². The lowest BCUT2D eigenvalue weighted by molar-refractivity contribution is -0.132. The average molecular weight is 248 g/mol. The minimum absolute atomic E-state index is 0.00310. The number of rotatable bonds is 4. The van der Waals surface area contributed by atoms with Gasteiger partial charge in [-0.2, -0.15) is 0 Å². The molecule has 1 fully saturated rings. The number of hydrogen-bond donors (Lipinski definition) is 1. The highest BCUT2D eigenvalue weighted by atomic mass is 32.2. The largest absolute Gasteiger partial charge is 0.343 e. The van der Waals surface area contributed by atoms with Crippen molar-refractivity contribution in [1.82, 2.24) is 10.2 Å². The molecule has 0 aromatic rings. The van der Waals surface area contributed by atoms with Crippen molar-refractivity contribution in [2.45, 2.75) is 25.3 Å². The van der Waals surface area contributed by atoms with Gasteiger partial charge in [0.25, 0.3) is 0 Å². The maximum Gasteiger partial charge on any atom is 0.239 e. The predicted molar refractivity (Wildman–Crippen MR) is 63.0 cm³/mol. The van der Waals surface area contributed by atoms with Crippen LogP contribution in [-0.2, 0) is 14.6 Å². The van der Waals surface area contributed by atoms with Crippen LogP contribution in [0.2, 0.25) is 0 Å². The first-order valence-electron chi connectivity index (χ1n) is 5.56. The van der Waals surface area contributed by atoms with E-state index in [9.17, 15) is 13.2 Å². The van der Waals surface area contributed by atoms with Crippen molar-refractivity contribution in [3.8, 4) is 0 Å². The van der Waals surface area contributed by atoms with Crippen LogP contribution in [0.4, 0.5) is 0 Å². The van der Waals surface area contributed by atoms with Crippen molar-refractivity contribution in [3.05, 3.63) is 0 Å². The molecule has 1 saturated heterocycles. The van der Waals surface area contributed by atoms with Gasteiger partial charge in [-0.1, -0.05) is 6.42 Å². The summed E-state index contributed by atoms with van der Waals surface area (Å²) in [6, 6.07) is -0.127. The summed E-state index contributed by atoms with van der Waals surface area (Å²) in [5.41, 5.74) is 0. The number of carbonyl (C=O) groups excluding carboxylic acids is 1. The van der Waals surface area contributed by atoms with Gasteiger partial charge in [0.15, 0.2) is 0 Å². The second-order valence-electron chi connectivity index (χ2n) is 4.39. The third kappa shape index (κ3) is 4.49. The fourth-order valence-electron chi connectivity index (χ4n) is 1.74. The topological polar surface area (TPSA) is 66.5 Å². The van der Waals surface area contributed by atoms with Crippen LogP contribution < -0.4 is 5.32 Å². The van der Waals surface area contributed by atoms with E-state index in [0.717, 1.165) is 25.8 Å². The number of piperidine rings is 1. The highest BCUT2D eigenvalue weighted by molar-refractivity contribution is 7.90. The normalized spacial score (nSPS) is 21.8.